The summed E-state index contributed by atoms with van der Waals surface area (Å²) in [6, 6.07) is 6.05. The molecule has 2 rings (SSSR count). The van der Waals surface area contributed by atoms with Gasteiger partial charge in [-0.2, -0.15) is 0 Å². The van der Waals surface area contributed by atoms with Crippen molar-refractivity contribution in [2.45, 2.75) is 33.6 Å². The molecule has 1 aliphatic heterocycles. The Balaban J connectivity index is 0.00000242. The van der Waals surface area contributed by atoms with E-state index < -0.39 is 0 Å². The molecule has 0 spiro atoms. The van der Waals surface area contributed by atoms with Crippen LogP contribution in [0.1, 0.15) is 32.9 Å². The minimum absolute atomic E-state index is 0. The molecule has 0 radical (unpaired) electrons. The maximum absolute atomic E-state index is 4.79. The molecule has 0 bridgehead atoms. The average Bonchev–Trinajstić information content (AvgIpc) is 2.46. The number of nitrogens with one attached hydrogen (secondary N) is 1. The summed E-state index contributed by atoms with van der Waals surface area (Å²) in [5.74, 6) is 2.55. The highest BCUT2D eigenvalue weighted by molar-refractivity contribution is 14.0. The fraction of sp³-hybridized carbons (Fsp3) is 0.647. The molecule has 1 aromatic heterocycles. The van der Waals surface area contributed by atoms with Crippen molar-refractivity contribution in [2.75, 3.05) is 26.2 Å². The second-order valence-corrected chi connectivity index (χ2v) is 6.16. The lowest BCUT2D eigenvalue weighted by atomic mass is 9.92. The first-order valence-electron chi connectivity index (χ1n) is 8.12. The normalized spacial score (nSPS) is 22.1. The summed E-state index contributed by atoms with van der Waals surface area (Å²) in [5.41, 5.74) is 1.11. The van der Waals surface area contributed by atoms with Crippen LogP contribution >= 0.6 is 24.0 Å². The molecular formula is C17H29IN4. The Morgan fingerprint density at radius 2 is 2.05 bits per heavy atom. The zero-order chi connectivity index (χ0) is 15.1. The van der Waals surface area contributed by atoms with E-state index in [-0.39, 0.29) is 24.0 Å². The summed E-state index contributed by atoms with van der Waals surface area (Å²) in [5, 5.41) is 3.44. The first-order chi connectivity index (χ1) is 10.2. The molecule has 4 nitrogen and oxygen atoms in total. The number of likely N-dealkylation sites (tertiary alicyclic amines) is 1. The number of nitrogens with zero attached hydrogens (tertiary/aromatic N) is 3. The van der Waals surface area contributed by atoms with Crippen LogP contribution in [-0.4, -0.2) is 42.0 Å². The van der Waals surface area contributed by atoms with Gasteiger partial charge in [0, 0.05) is 44.5 Å². The third kappa shape index (κ3) is 6.10. The van der Waals surface area contributed by atoms with Gasteiger partial charge in [0.1, 0.15) is 0 Å². The molecule has 1 fully saturated rings. The number of pyridine rings is 1. The Labute approximate surface area is 151 Å². The van der Waals surface area contributed by atoms with Crippen LogP contribution in [0.4, 0.5) is 0 Å². The van der Waals surface area contributed by atoms with Crippen molar-refractivity contribution in [2.24, 2.45) is 16.8 Å². The molecule has 2 unspecified atom stereocenters. The van der Waals surface area contributed by atoms with Crippen LogP contribution in [0.5, 0.6) is 0 Å². The standard InChI is InChI=1S/C17H28N4.HI/c1-4-18-17(21-12-14(2)11-15(3)13-21)20-10-8-16-7-5-6-9-19-16;/h5-7,9,14-15H,4,8,10-13H2,1-3H3,(H,18,20);1H. The summed E-state index contributed by atoms with van der Waals surface area (Å²) in [6.07, 6.45) is 4.07. The molecule has 0 aromatic carbocycles. The molecule has 2 heterocycles. The van der Waals surface area contributed by atoms with Crippen LogP contribution in [0.2, 0.25) is 0 Å². The number of piperidine rings is 1. The van der Waals surface area contributed by atoms with Gasteiger partial charge in [-0.25, -0.2) is 0 Å². The monoisotopic (exact) mass is 416 g/mol. The predicted octanol–water partition coefficient (Wildman–Crippen LogP) is 3.19. The molecule has 0 saturated carbocycles. The van der Waals surface area contributed by atoms with Crippen LogP contribution in [0.3, 0.4) is 0 Å². The van der Waals surface area contributed by atoms with Gasteiger partial charge in [0.25, 0.3) is 0 Å². The maximum atomic E-state index is 4.79. The van der Waals surface area contributed by atoms with Gasteiger partial charge >= 0.3 is 0 Å². The van der Waals surface area contributed by atoms with Crippen molar-refractivity contribution in [3.05, 3.63) is 30.1 Å². The Bertz CT molecular complexity index is 439. The van der Waals surface area contributed by atoms with Gasteiger partial charge in [-0.05, 0) is 37.3 Å². The van der Waals surface area contributed by atoms with Gasteiger partial charge in [-0.1, -0.05) is 19.9 Å². The van der Waals surface area contributed by atoms with E-state index >= 15 is 0 Å². The van der Waals surface area contributed by atoms with E-state index in [1.54, 1.807) is 0 Å². The molecular weight excluding hydrogens is 387 g/mol. The maximum Gasteiger partial charge on any atom is 0.193 e. The number of aliphatic imine (C=N–C) groups is 1. The summed E-state index contributed by atoms with van der Waals surface area (Å²) in [7, 11) is 0. The van der Waals surface area contributed by atoms with E-state index in [9.17, 15) is 0 Å². The minimum Gasteiger partial charge on any atom is -0.357 e. The van der Waals surface area contributed by atoms with Gasteiger partial charge < -0.3 is 10.2 Å². The predicted molar refractivity (Wildman–Crippen MR) is 104 cm³/mol. The van der Waals surface area contributed by atoms with Crippen LogP contribution in [0.25, 0.3) is 0 Å². The van der Waals surface area contributed by atoms with Gasteiger partial charge in [-0.3, -0.25) is 9.98 Å². The molecule has 2 atom stereocenters. The smallest absolute Gasteiger partial charge is 0.193 e. The first kappa shape index (κ1) is 19.2. The molecule has 0 aliphatic carbocycles. The van der Waals surface area contributed by atoms with Crippen LogP contribution in [0.15, 0.2) is 29.4 Å². The van der Waals surface area contributed by atoms with Crippen molar-refractivity contribution < 1.29 is 0 Å². The Morgan fingerprint density at radius 1 is 1.32 bits per heavy atom. The van der Waals surface area contributed by atoms with Crippen molar-refractivity contribution >= 4 is 29.9 Å². The summed E-state index contributed by atoms with van der Waals surface area (Å²) < 4.78 is 0. The highest BCUT2D eigenvalue weighted by Gasteiger charge is 2.23. The highest BCUT2D eigenvalue weighted by Crippen LogP contribution is 2.20. The Kier molecular flexibility index (Phi) is 8.75. The number of guanidine groups is 1. The van der Waals surface area contributed by atoms with Crippen molar-refractivity contribution in [1.29, 1.82) is 0 Å². The van der Waals surface area contributed by atoms with Crippen molar-refractivity contribution in [3.63, 3.8) is 0 Å². The average molecular weight is 416 g/mol. The van der Waals surface area contributed by atoms with Crippen molar-refractivity contribution in [3.8, 4) is 0 Å². The summed E-state index contributed by atoms with van der Waals surface area (Å²) >= 11 is 0. The molecule has 22 heavy (non-hydrogen) atoms. The SMILES string of the molecule is CCNC(=NCCc1ccccn1)N1CC(C)CC(C)C1.I. The first-order valence-corrected chi connectivity index (χ1v) is 8.12. The zero-order valence-corrected chi connectivity index (χ0v) is 16.3. The lowest BCUT2D eigenvalue weighted by molar-refractivity contribution is 0.208. The number of aromatic nitrogens is 1. The molecule has 0 amide bonds. The zero-order valence-electron chi connectivity index (χ0n) is 14.0. The van der Waals surface area contributed by atoms with Gasteiger partial charge in [0.05, 0.1) is 0 Å². The number of hydrogen-bond donors (Lipinski definition) is 1. The number of rotatable bonds is 4. The molecule has 1 aliphatic rings. The Hall–Kier alpha value is -0.850. The quantitative estimate of drug-likeness (QED) is 0.466. The van der Waals surface area contributed by atoms with E-state index in [0.717, 1.165) is 56.1 Å². The van der Waals surface area contributed by atoms with E-state index in [1.807, 2.05) is 18.3 Å². The molecule has 5 heteroatoms. The van der Waals surface area contributed by atoms with E-state index in [1.165, 1.54) is 6.42 Å². The van der Waals surface area contributed by atoms with Crippen molar-refractivity contribution in [1.82, 2.24) is 15.2 Å². The van der Waals surface area contributed by atoms with Gasteiger partial charge in [0.15, 0.2) is 5.96 Å². The largest absolute Gasteiger partial charge is 0.357 e. The Morgan fingerprint density at radius 3 is 2.64 bits per heavy atom. The fourth-order valence-electron chi connectivity index (χ4n) is 3.08. The highest BCUT2D eigenvalue weighted by atomic mass is 127. The third-order valence-corrected chi connectivity index (χ3v) is 3.86. The lowest BCUT2D eigenvalue weighted by Gasteiger charge is -2.37. The number of hydrogen-bond acceptors (Lipinski definition) is 2. The van der Waals surface area contributed by atoms with Crippen LogP contribution in [0, 0.1) is 11.8 Å². The van der Waals surface area contributed by atoms with Gasteiger partial charge in [0.2, 0.25) is 0 Å². The van der Waals surface area contributed by atoms with Crippen LogP contribution < -0.4 is 5.32 Å². The van der Waals surface area contributed by atoms with Gasteiger partial charge in [-0.15, -0.1) is 24.0 Å². The lowest BCUT2D eigenvalue weighted by Crippen LogP contribution is -2.48. The minimum atomic E-state index is 0. The third-order valence-electron chi connectivity index (χ3n) is 3.86. The van der Waals surface area contributed by atoms with Crippen LogP contribution in [-0.2, 0) is 6.42 Å². The summed E-state index contributed by atoms with van der Waals surface area (Å²) in [6.45, 7) is 10.7. The molecule has 1 saturated heterocycles. The second kappa shape index (κ2) is 10.0. The van der Waals surface area contributed by atoms with E-state index in [0.29, 0.717) is 0 Å². The topological polar surface area (TPSA) is 40.5 Å². The second-order valence-electron chi connectivity index (χ2n) is 6.16. The molecule has 124 valence electrons. The molecule has 1 aromatic rings. The van der Waals surface area contributed by atoms with E-state index in [2.05, 4.69) is 42.0 Å². The fourth-order valence-corrected chi connectivity index (χ4v) is 3.08. The van der Waals surface area contributed by atoms with E-state index in [4.69, 9.17) is 4.99 Å². The number of halogens is 1. The summed E-state index contributed by atoms with van der Waals surface area (Å²) in [4.78, 5) is 11.6. The molecule has 1 N–H and O–H groups in total.